The van der Waals surface area contributed by atoms with E-state index in [0.717, 1.165) is 0 Å². The lowest BCUT2D eigenvalue weighted by Gasteiger charge is -2.41. The summed E-state index contributed by atoms with van der Waals surface area (Å²) in [5.74, 6) is -1.36. The Morgan fingerprint density at radius 2 is 1.88 bits per heavy atom. The van der Waals surface area contributed by atoms with E-state index in [1.165, 1.54) is 36.9 Å². The number of carbonyl (C=O) groups is 2. The third kappa shape index (κ3) is 3.07. The van der Waals surface area contributed by atoms with Crippen LogP contribution in [0.15, 0.2) is 69.2 Å². The molecule has 0 aliphatic carbocycles. The number of para-hydroxylation sites is 1. The molecule has 0 saturated carbocycles. The molecule has 1 aromatic carbocycles. The molecule has 0 bridgehead atoms. The van der Waals surface area contributed by atoms with Crippen molar-refractivity contribution in [1.82, 2.24) is 14.5 Å². The molecule has 0 radical (unpaired) electrons. The molecule has 1 unspecified atom stereocenters. The molecular formula is C23H23N3O5S. The summed E-state index contributed by atoms with van der Waals surface area (Å²) < 4.78 is 11.6. The first-order valence-electron chi connectivity index (χ1n) is 10.1. The second-order valence-corrected chi connectivity index (χ2v) is 8.49. The summed E-state index contributed by atoms with van der Waals surface area (Å²) in [5, 5.41) is 0.475. The fourth-order valence-electron chi connectivity index (χ4n) is 4.44. The number of esters is 2. The molecule has 2 aliphatic heterocycles. The Labute approximate surface area is 189 Å². The second kappa shape index (κ2) is 8.31. The molecule has 2 aliphatic rings. The van der Waals surface area contributed by atoms with Crippen LogP contribution in [0.25, 0.3) is 5.69 Å². The number of nitrogens with zero attached hydrogens (tertiary/aromatic N) is 3. The first-order chi connectivity index (χ1) is 15.4. The molecule has 0 N–H and O–H groups in total. The number of ether oxygens (including phenoxy) is 2. The van der Waals surface area contributed by atoms with Gasteiger partial charge in [0.2, 0.25) is 0 Å². The number of rotatable bonds is 4. The summed E-state index contributed by atoms with van der Waals surface area (Å²) in [7, 11) is 2.51. The highest BCUT2D eigenvalue weighted by atomic mass is 32.2. The molecule has 0 fully saturated rings. The minimum Gasteiger partial charge on any atom is -0.466 e. The lowest BCUT2D eigenvalue weighted by molar-refractivity contribution is -0.142. The van der Waals surface area contributed by atoms with Crippen molar-refractivity contribution in [3.63, 3.8) is 0 Å². The SMILES string of the molecule is C=C1Sc2ncn(-c3ccccc3)c(=O)c2C12CCN(CC)C(C(=O)OC)=C2C(=O)OC. The molecule has 3 heterocycles. The Bertz CT molecular complexity index is 1200. The summed E-state index contributed by atoms with van der Waals surface area (Å²) in [6, 6.07) is 9.11. The van der Waals surface area contributed by atoms with Gasteiger partial charge in [0.05, 0.1) is 36.5 Å². The van der Waals surface area contributed by atoms with E-state index in [1.807, 2.05) is 25.1 Å². The van der Waals surface area contributed by atoms with Gasteiger partial charge in [0, 0.05) is 13.1 Å². The molecule has 9 heteroatoms. The first-order valence-corrected chi connectivity index (χ1v) is 10.9. The van der Waals surface area contributed by atoms with Gasteiger partial charge >= 0.3 is 11.9 Å². The Hall–Kier alpha value is -3.33. The number of hydrogen-bond acceptors (Lipinski definition) is 8. The van der Waals surface area contributed by atoms with E-state index in [4.69, 9.17) is 9.47 Å². The van der Waals surface area contributed by atoms with Gasteiger partial charge in [-0.2, -0.15) is 0 Å². The molecule has 1 aromatic heterocycles. The maximum atomic E-state index is 13.8. The van der Waals surface area contributed by atoms with Crippen LogP contribution in [0.5, 0.6) is 0 Å². The second-order valence-electron chi connectivity index (χ2n) is 7.40. The smallest absolute Gasteiger partial charge is 0.354 e. The van der Waals surface area contributed by atoms with E-state index in [2.05, 4.69) is 11.6 Å². The lowest BCUT2D eigenvalue weighted by Crippen LogP contribution is -2.48. The molecule has 8 nitrogen and oxygen atoms in total. The number of benzene rings is 1. The van der Waals surface area contributed by atoms with Crippen molar-refractivity contribution in [3.8, 4) is 5.69 Å². The van der Waals surface area contributed by atoms with Crippen molar-refractivity contribution in [2.75, 3.05) is 27.3 Å². The number of aromatic nitrogens is 2. The molecule has 2 aromatic rings. The van der Waals surface area contributed by atoms with Gasteiger partial charge in [-0.05, 0) is 30.4 Å². The van der Waals surface area contributed by atoms with E-state index in [0.29, 0.717) is 40.7 Å². The summed E-state index contributed by atoms with van der Waals surface area (Å²) in [5.41, 5.74) is -0.393. The Morgan fingerprint density at radius 1 is 1.19 bits per heavy atom. The Balaban J connectivity index is 2.07. The van der Waals surface area contributed by atoms with Crippen LogP contribution in [-0.2, 0) is 24.5 Å². The van der Waals surface area contributed by atoms with E-state index >= 15 is 0 Å². The predicted molar refractivity (Wildman–Crippen MR) is 119 cm³/mol. The third-order valence-corrected chi connectivity index (χ3v) is 7.08. The Morgan fingerprint density at radius 3 is 2.50 bits per heavy atom. The molecule has 1 atom stereocenters. The van der Waals surface area contributed by atoms with E-state index in [-0.39, 0.29) is 16.8 Å². The zero-order valence-electron chi connectivity index (χ0n) is 18.1. The number of likely N-dealkylation sites (N-methyl/N-ethyl adjacent to an activating group) is 1. The van der Waals surface area contributed by atoms with Crippen molar-refractivity contribution in [2.45, 2.75) is 23.8 Å². The first kappa shape index (κ1) is 21.9. The number of methoxy groups -OCH3 is 2. The van der Waals surface area contributed by atoms with Crippen molar-refractivity contribution >= 4 is 23.7 Å². The van der Waals surface area contributed by atoms with Gasteiger partial charge in [0.1, 0.15) is 17.1 Å². The molecular weight excluding hydrogens is 430 g/mol. The number of thioether (sulfide) groups is 1. The van der Waals surface area contributed by atoms with Crippen molar-refractivity contribution in [1.29, 1.82) is 0 Å². The fourth-order valence-corrected chi connectivity index (χ4v) is 5.62. The molecule has 166 valence electrons. The van der Waals surface area contributed by atoms with Gasteiger partial charge in [-0.15, -0.1) is 0 Å². The van der Waals surface area contributed by atoms with E-state index in [9.17, 15) is 14.4 Å². The van der Waals surface area contributed by atoms with Crippen LogP contribution in [0, 0.1) is 0 Å². The molecule has 0 amide bonds. The van der Waals surface area contributed by atoms with Crippen molar-refractivity contribution < 1.29 is 19.1 Å². The maximum absolute atomic E-state index is 13.8. The van der Waals surface area contributed by atoms with Crippen LogP contribution in [0.3, 0.4) is 0 Å². The van der Waals surface area contributed by atoms with Gasteiger partial charge in [0.25, 0.3) is 5.56 Å². The quantitative estimate of drug-likeness (QED) is 0.515. The van der Waals surface area contributed by atoms with Gasteiger partial charge in [-0.3, -0.25) is 9.36 Å². The highest BCUT2D eigenvalue weighted by molar-refractivity contribution is 8.03. The van der Waals surface area contributed by atoms with Crippen LogP contribution < -0.4 is 5.56 Å². The zero-order chi connectivity index (χ0) is 23.0. The van der Waals surface area contributed by atoms with Crippen LogP contribution in [-0.4, -0.2) is 53.7 Å². The maximum Gasteiger partial charge on any atom is 0.354 e. The monoisotopic (exact) mass is 453 g/mol. The fraction of sp³-hybridized carbons (Fsp3) is 0.304. The number of fused-ring (bicyclic) bond motifs is 2. The highest BCUT2D eigenvalue weighted by Gasteiger charge is 2.56. The predicted octanol–water partition coefficient (Wildman–Crippen LogP) is 2.42. The molecule has 1 spiro atoms. The van der Waals surface area contributed by atoms with Crippen LogP contribution >= 0.6 is 11.8 Å². The summed E-state index contributed by atoms with van der Waals surface area (Å²) in [6.45, 7) is 6.98. The standard InChI is InChI=1S/C23H23N3O5S/c1-5-25-12-11-23(16(21(28)30-3)18(25)22(29)31-4)14(2)32-19-17(23)20(27)26(13-24-19)15-9-7-6-8-10-15/h6-10,13H,2,5,11-12H2,1,3-4H3. The van der Waals surface area contributed by atoms with Crippen LogP contribution in [0.1, 0.15) is 18.9 Å². The van der Waals surface area contributed by atoms with Crippen LogP contribution in [0.4, 0.5) is 0 Å². The largest absolute Gasteiger partial charge is 0.466 e. The minimum atomic E-state index is -1.22. The summed E-state index contributed by atoms with van der Waals surface area (Å²) >= 11 is 1.24. The highest BCUT2D eigenvalue weighted by Crippen LogP contribution is 2.57. The number of carbonyl (C=O) groups excluding carboxylic acids is 2. The third-order valence-electron chi connectivity index (χ3n) is 5.98. The summed E-state index contributed by atoms with van der Waals surface area (Å²) in [4.78, 5) is 46.6. The van der Waals surface area contributed by atoms with Gasteiger partial charge in [0.15, 0.2) is 0 Å². The van der Waals surface area contributed by atoms with Crippen LogP contribution in [0.2, 0.25) is 0 Å². The molecule has 32 heavy (non-hydrogen) atoms. The normalized spacial score (nSPS) is 19.8. The summed E-state index contributed by atoms with van der Waals surface area (Å²) in [6.07, 6.45) is 1.85. The van der Waals surface area contributed by atoms with E-state index < -0.39 is 17.4 Å². The Kier molecular flexibility index (Phi) is 5.68. The van der Waals surface area contributed by atoms with Crippen molar-refractivity contribution in [2.24, 2.45) is 0 Å². The van der Waals surface area contributed by atoms with Gasteiger partial charge in [-0.25, -0.2) is 14.6 Å². The zero-order valence-corrected chi connectivity index (χ0v) is 18.9. The molecule has 4 rings (SSSR count). The van der Waals surface area contributed by atoms with Crippen molar-refractivity contribution in [3.05, 3.63) is 75.3 Å². The number of hydrogen-bond donors (Lipinski definition) is 0. The van der Waals surface area contributed by atoms with Gasteiger partial charge < -0.3 is 14.4 Å². The molecule has 0 saturated heterocycles. The van der Waals surface area contributed by atoms with E-state index in [1.54, 1.807) is 17.0 Å². The lowest BCUT2D eigenvalue weighted by atomic mass is 9.69. The average Bonchev–Trinajstić information content (AvgIpc) is 3.10. The minimum absolute atomic E-state index is 0.0703. The topological polar surface area (TPSA) is 90.7 Å². The van der Waals surface area contributed by atoms with Gasteiger partial charge in [-0.1, -0.05) is 36.5 Å². The average molecular weight is 454 g/mol. The number of allylic oxidation sites excluding steroid dienone is 1.